The van der Waals surface area contributed by atoms with Crippen LogP contribution in [0.3, 0.4) is 0 Å². The second-order valence-electron chi connectivity index (χ2n) is 3.63. The molecule has 0 aliphatic heterocycles. The molecule has 0 saturated heterocycles. The molecule has 1 aromatic carbocycles. The van der Waals surface area contributed by atoms with Crippen molar-refractivity contribution in [3.05, 3.63) is 41.3 Å². The van der Waals surface area contributed by atoms with Crippen LogP contribution >= 0.6 is 11.6 Å². The predicted molar refractivity (Wildman–Crippen MR) is 71.2 cm³/mol. The zero-order valence-corrected chi connectivity index (χ0v) is 11.2. The molecule has 1 N–H and O–H groups in total. The molecule has 0 radical (unpaired) electrons. The standard InChI is InChI=1S/C13H12ClNO4/c1-17-8-3-4-10(11(7-8)18-2)15-13(16)9-5-6-19-12(9)14/h3-7H,1-2H3,(H,15,16). The lowest BCUT2D eigenvalue weighted by Crippen LogP contribution is -2.12. The highest BCUT2D eigenvalue weighted by atomic mass is 35.5. The molecule has 2 rings (SSSR count). The Labute approximate surface area is 115 Å². The van der Waals surface area contributed by atoms with E-state index in [9.17, 15) is 4.79 Å². The molecule has 0 atom stereocenters. The van der Waals surface area contributed by atoms with E-state index in [1.165, 1.54) is 19.4 Å². The van der Waals surface area contributed by atoms with Crippen molar-refractivity contribution in [2.45, 2.75) is 0 Å². The van der Waals surface area contributed by atoms with E-state index in [0.717, 1.165) is 0 Å². The van der Waals surface area contributed by atoms with Crippen LogP contribution in [0.4, 0.5) is 5.69 Å². The fourth-order valence-corrected chi connectivity index (χ4v) is 1.75. The lowest BCUT2D eigenvalue weighted by Gasteiger charge is -2.11. The highest BCUT2D eigenvalue weighted by Crippen LogP contribution is 2.30. The van der Waals surface area contributed by atoms with Gasteiger partial charge >= 0.3 is 0 Å². The van der Waals surface area contributed by atoms with E-state index in [4.69, 9.17) is 25.5 Å². The zero-order chi connectivity index (χ0) is 13.8. The smallest absolute Gasteiger partial charge is 0.260 e. The van der Waals surface area contributed by atoms with Crippen molar-refractivity contribution < 1.29 is 18.7 Å². The molecular formula is C13H12ClNO4. The molecule has 19 heavy (non-hydrogen) atoms. The first kappa shape index (κ1) is 13.3. The Balaban J connectivity index is 2.24. The normalized spacial score (nSPS) is 10.1. The Morgan fingerprint density at radius 3 is 2.63 bits per heavy atom. The predicted octanol–water partition coefficient (Wildman–Crippen LogP) is 3.20. The molecule has 1 heterocycles. The average Bonchev–Trinajstić information content (AvgIpc) is 2.85. The van der Waals surface area contributed by atoms with Crippen LogP contribution in [0.1, 0.15) is 10.4 Å². The number of anilines is 1. The molecule has 0 fully saturated rings. The number of hydrogen-bond donors (Lipinski definition) is 1. The van der Waals surface area contributed by atoms with Gasteiger partial charge in [0.15, 0.2) is 0 Å². The van der Waals surface area contributed by atoms with Gasteiger partial charge in [0.1, 0.15) is 11.5 Å². The molecule has 6 heteroatoms. The Hall–Kier alpha value is -2.14. The number of methoxy groups -OCH3 is 2. The van der Waals surface area contributed by atoms with E-state index in [2.05, 4.69) is 5.32 Å². The number of nitrogens with one attached hydrogen (secondary N) is 1. The summed E-state index contributed by atoms with van der Waals surface area (Å²) in [7, 11) is 3.06. The summed E-state index contributed by atoms with van der Waals surface area (Å²) in [4.78, 5) is 12.0. The fourth-order valence-electron chi connectivity index (χ4n) is 1.55. The Kier molecular flexibility index (Phi) is 3.97. The van der Waals surface area contributed by atoms with Crippen LogP contribution in [-0.4, -0.2) is 20.1 Å². The largest absolute Gasteiger partial charge is 0.497 e. The van der Waals surface area contributed by atoms with Crippen molar-refractivity contribution in [3.63, 3.8) is 0 Å². The summed E-state index contributed by atoms with van der Waals surface area (Å²) in [6, 6.07) is 6.57. The number of benzene rings is 1. The number of hydrogen-bond acceptors (Lipinski definition) is 4. The van der Waals surface area contributed by atoms with Crippen molar-refractivity contribution >= 4 is 23.2 Å². The average molecular weight is 282 g/mol. The van der Waals surface area contributed by atoms with Gasteiger partial charge < -0.3 is 19.2 Å². The Morgan fingerprint density at radius 1 is 1.26 bits per heavy atom. The van der Waals surface area contributed by atoms with Crippen LogP contribution in [0.5, 0.6) is 11.5 Å². The van der Waals surface area contributed by atoms with Crippen molar-refractivity contribution in [2.75, 3.05) is 19.5 Å². The topological polar surface area (TPSA) is 60.7 Å². The number of rotatable bonds is 4. The van der Waals surface area contributed by atoms with Crippen molar-refractivity contribution in [3.8, 4) is 11.5 Å². The third kappa shape index (κ3) is 2.82. The number of amides is 1. The van der Waals surface area contributed by atoms with Crippen LogP contribution in [-0.2, 0) is 0 Å². The third-order valence-corrected chi connectivity index (χ3v) is 2.81. The molecule has 0 bridgehead atoms. The maximum absolute atomic E-state index is 12.0. The van der Waals surface area contributed by atoms with Gasteiger partial charge in [-0.1, -0.05) is 0 Å². The summed E-state index contributed by atoms with van der Waals surface area (Å²) in [5.41, 5.74) is 0.783. The molecule has 0 aliphatic carbocycles. The van der Waals surface area contributed by atoms with Gasteiger partial charge in [0.25, 0.3) is 5.91 Å². The van der Waals surface area contributed by atoms with Crippen LogP contribution in [0, 0.1) is 0 Å². The molecule has 0 saturated carbocycles. The third-order valence-electron chi connectivity index (χ3n) is 2.52. The molecule has 1 aromatic heterocycles. The van der Waals surface area contributed by atoms with Gasteiger partial charge in [0.2, 0.25) is 5.22 Å². The quantitative estimate of drug-likeness (QED) is 0.935. The highest BCUT2D eigenvalue weighted by Gasteiger charge is 2.15. The maximum atomic E-state index is 12.0. The van der Waals surface area contributed by atoms with Gasteiger partial charge in [-0.05, 0) is 29.8 Å². The highest BCUT2D eigenvalue weighted by molar-refractivity contribution is 6.32. The van der Waals surface area contributed by atoms with Crippen molar-refractivity contribution in [1.29, 1.82) is 0 Å². The van der Waals surface area contributed by atoms with Gasteiger partial charge in [0.05, 0.1) is 31.7 Å². The Bertz CT molecular complexity index is 594. The molecule has 2 aromatic rings. The van der Waals surface area contributed by atoms with Gasteiger partial charge in [0, 0.05) is 6.07 Å². The van der Waals surface area contributed by atoms with E-state index in [-0.39, 0.29) is 16.7 Å². The van der Waals surface area contributed by atoms with Gasteiger partial charge in [-0.15, -0.1) is 0 Å². The zero-order valence-electron chi connectivity index (χ0n) is 10.4. The van der Waals surface area contributed by atoms with Crippen LogP contribution in [0.15, 0.2) is 34.9 Å². The van der Waals surface area contributed by atoms with Crippen LogP contribution < -0.4 is 14.8 Å². The number of carbonyl (C=O) groups excluding carboxylic acids is 1. The summed E-state index contributed by atoms with van der Waals surface area (Å²) in [6.07, 6.45) is 1.35. The summed E-state index contributed by atoms with van der Waals surface area (Å²) < 4.78 is 15.1. The SMILES string of the molecule is COc1ccc(NC(=O)c2ccoc2Cl)c(OC)c1. The first-order chi connectivity index (χ1) is 9.15. The second-order valence-corrected chi connectivity index (χ2v) is 3.97. The fraction of sp³-hybridized carbons (Fsp3) is 0.154. The minimum absolute atomic E-state index is 0.0463. The number of ether oxygens (including phenoxy) is 2. The maximum Gasteiger partial charge on any atom is 0.260 e. The minimum Gasteiger partial charge on any atom is -0.497 e. The van der Waals surface area contributed by atoms with Crippen LogP contribution in [0.25, 0.3) is 0 Å². The first-order valence-electron chi connectivity index (χ1n) is 5.42. The molecule has 0 aliphatic rings. The lowest BCUT2D eigenvalue weighted by atomic mass is 10.2. The van der Waals surface area contributed by atoms with Gasteiger partial charge in [-0.3, -0.25) is 4.79 Å². The van der Waals surface area contributed by atoms with E-state index < -0.39 is 0 Å². The number of furan rings is 1. The second kappa shape index (κ2) is 5.67. The molecule has 1 amide bonds. The minimum atomic E-state index is -0.373. The first-order valence-corrected chi connectivity index (χ1v) is 5.80. The molecule has 100 valence electrons. The van der Waals surface area contributed by atoms with Crippen molar-refractivity contribution in [1.82, 2.24) is 0 Å². The molecule has 0 unspecified atom stereocenters. The van der Waals surface area contributed by atoms with Gasteiger partial charge in [-0.25, -0.2) is 0 Å². The summed E-state index contributed by atoms with van der Waals surface area (Å²) in [5.74, 6) is 0.755. The van der Waals surface area contributed by atoms with E-state index >= 15 is 0 Å². The number of carbonyl (C=O) groups is 1. The van der Waals surface area contributed by atoms with E-state index in [1.54, 1.807) is 25.3 Å². The Morgan fingerprint density at radius 2 is 2.05 bits per heavy atom. The van der Waals surface area contributed by atoms with E-state index in [1.807, 2.05) is 0 Å². The van der Waals surface area contributed by atoms with Crippen molar-refractivity contribution in [2.24, 2.45) is 0 Å². The molecule has 5 nitrogen and oxygen atoms in total. The summed E-state index contributed by atoms with van der Waals surface area (Å²) in [5, 5.41) is 2.74. The monoisotopic (exact) mass is 281 g/mol. The number of halogens is 1. The lowest BCUT2D eigenvalue weighted by molar-refractivity contribution is 0.102. The van der Waals surface area contributed by atoms with Gasteiger partial charge in [-0.2, -0.15) is 0 Å². The van der Waals surface area contributed by atoms with Crippen LogP contribution in [0.2, 0.25) is 5.22 Å². The van der Waals surface area contributed by atoms with E-state index in [0.29, 0.717) is 17.2 Å². The molecular weight excluding hydrogens is 270 g/mol. The summed E-state index contributed by atoms with van der Waals surface area (Å²) >= 11 is 5.74. The molecule has 0 spiro atoms. The summed E-state index contributed by atoms with van der Waals surface area (Å²) in [6.45, 7) is 0.